The highest BCUT2D eigenvalue weighted by Gasteiger charge is 2.33. The molecule has 0 spiro atoms. The third kappa shape index (κ3) is 5.95. The van der Waals surface area contributed by atoms with Gasteiger partial charge in [-0.3, -0.25) is 4.99 Å². The number of hydrogen-bond acceptors (Lipinski definition) is 3. The van der Waals surface area contributed by atoms with Crippen molar-refractivity contribution in [3.8, 4) is 0 Å². The van der Waals surface area contributed by atoms with Gasteiger partial charge in [-0.15, -0.1) is 0 Å². The van der Waals surface area contributed by atoms with E-state index in [9.17, 15) is 26.0 Å². The van der Waals surface area contributed by atoms with E-state index in [0.29, 0.717) is 6.07 Å². The lowest BCUT2D eigenvalue weighted by Crippen LogP contribution is -2.39. The summed E-state index contributed by atoms with van der Waals surface area (Å²) < 4.78 is 76.6. The van der Waals surface area contributed by atoms with Gasteiger partial charge in [0.25, 0.3) is 0 Å². The lowest BCUT2D eigenvalue weighted by molar-refractivity contribution is -0.138. The Morgan fingerprint density at radius 2 is 1.75 bits per heavy atom. The zero-order valence-corrected chi connectivity index (χ0v) is 15.7. The number of nitrogens with zero attached hydrogens (tertiary/aromatic N) is 1. The third-order valence-electron chi connectivity index (χ3n) is 3.81. The van der Waals surface area contributed by atoms with E-state index in [0.717, 1.165) is 12.1 Å². The molecule has 0 radical (unpaired) electrons. The molecular formula is C18H19F4N3O2S. The van der Waals surface area contributed by atoms with Gasteiger partial charge >= 0.3 is 6.18 Å². The third-order valence-corrected chi connectivity index (χ3v) is 5.54. The predicted molar refractivity (Wildman–Crippen MR) is 98.1 cm³/mol. The molecule has 152 valence electrons. The van der Waals surface area contributed by atoms with Gasteiger partial charge in [0.05, 0.1) is 16.2 Å². The average Bonchev–Trinajstić information content (AvgIpc) is 2.65. The molecule has 0 fully saturated rings. The van der Waals surface area contributed by atoms with Crippen LogP contribution in [0.2, 0.25) is 0 Å². The first-order valence-corrected chi connectivity index (χ1v) is 9.86. The largest absolute Gasteiger partial charge is 0.416 e. The highest BCUT2D eigenvalue weighted by atomic mass is 32.2. The molecule has 2 rings (SSSR count). The summed E-state index contributed by atoms with van der Waals surface area (Å²) in [5.74, 6) is -1.08. The van der Waals surface area contributed by atoms with Crippen LogP contribution in [0, 0.1) is 5.82 Å². The van der Waals surface area contributed by atoms with Gasteiger partial charge in [-0.25, -0.2) is 12.8 Å². The zero-order valence-electron chi connectivity index (χ0n) is 14.9. The predicted octanol–water partition coefficient (Wildman–Crippen LogP) is 2.98. The van der Waals surface area contributed by atoms with E-state index >= 15 is 0 Å². The Labute approximate surface area is 160 Å². The lowest BCUT2D eigenvalue weighted by Gasteiger charge is -2.16. The van der Waals surface area contributed by atoms with Gasteiger partial charge in [0.1, 0.15) is 5.82 Å². The summed E-state index contributed by atoms with van der Waals surface area (Å²) in [6.07, 6.45) is -4.69. The van der Waals surface area contributed by atoms with E-state index in [2.05, 4.69) is 15.6 Å². The van der Waals surface area contributed by atoms with Crippen molar-refractivity contribution in [2.45, 2.75) is 17.6 Å². The number of benzene rings is 2. The van der Waals surface area contributed by atoms with Crippen molar-refractivity contribution in [2.24, 2.45) is 4.99 Å². The molecule has 0 bridgehead atoms. The van der Waals surface area contributed by atoms with E-state index in [1.165, 1.54) is 19.2 Å². The van der Waals surface area contributed by atoms with Crippen LogP contribution in [0.15, 0.2) is 58.4 Å². The van der Waals surface area contributed by atoms with Crippen LogP contribution in [0.4, 0.5) is 17.6 Å². The summed E-state index contributed by atoms with van der Waals surface area (Å²) in [6.45, 7) is -0.257. The van der Waals surface area contributed by atoms with Crippen molar-refractivity contribution in [1.29, 1.82) is 0 Å². The average molecular weight is 417 g/mol. The first-order valence-electron chi connectivity index (χ1n) is 8.21. The first-order chi connectivity index (χ1) is 13.1. The van der Waals surface area contributed by atoms with Crippen molar-refractivity contribution in [2.75, 3.05) is 19.3 Å². The highest BCUT2D eigenvalue weighted by Crippen LogP contribution is 2.32. The second kappa shape index (κ2) is 9.05. The smallest absolute Gasteiger partial charge is 0.355 e. The Bertz CT molecular complexity index is 930. The number of nitrogens with one attached hydrogen (secondary N) is 2. The number of sulfone groups is 1. The Balaban J connectivity index is 1.96. The maximum Gasteiger partial charge on any atom is 0.416 e. The summed E-state index contributed by atoms with van der Waals surface area (Å²) in [7, 11) is -2.10. The fourth-order valence-electron chi connectivity index (χ4n) is 2.42. The van der Waals surface area contributed by atoms with Crippen LogP contribution in [0.5, 0.6) is 0 Å². The van der Waals surface area contributed by atoms with E-state index in [4.69, 9.17) is 0 Å². The van der Waals surface area contributed by atoms with Gasteiger partial charge in [-0.05, 0) is 29.8 Å². The molecule has 2 aromatic rings. The van der Waals surface area contributed by atoms with Crippen LogP contribution in [-0.2, 0) is 22.6 Å². The monoisotopic (exact) mass is 417 g/mol. The molecule has 0 saturated heterocycles. The molecule has 0 saturated carbocycles. The second-order valence-electron chi connectivity index (χ2n) is 5.78. The Morgan fingerprint density at radius 1 is 1.07 bits per heavy atom. The van der Waals surface area contributed by atoms with Gasteiger partial charge < -0.3 is 10.6 Å². The number of rotatable bonds is 6. The van der Waals surface area contributed by atoms with Crippen LogP contribution in [0.3, 0.4) is 0 Å². The van der Waals surface area contributed by atoms with Gasteiger partial charge in [-0.1, -0.05) is 24.3 Å². The molecule has 0 aliphatic carbocycles. The van der Waals surface area contributed by atoms with E-state index in [1.54, 1.807) is 18.2 Å². The molecule has 10 heteroatoms. The number of aliphatic imine (C=N–C) groups is 1. The fraction of sp³-hybridized carbons (Fsp3) is 0.278. The Kier molecular flexibility index (Phi) is 7.00. The summed E-state index contributed by atoms with van der Waals surface area (Å²) in [6, 6.07) is 10.3. The van der Waals surface area contributed by atoms with Crippen LogP contribution in [0.1, 0.15) is 11.1 Å². The molecule has 5 nitrogen and oxygen atoms in total. The van der Waals surface area contributed by atoms with Crippen LogP contribution in [0.25, 0.3) is 0 Å². The second-order valence-corrected chi connectivity index (χ2v) is 7.89. The van der Waals surface area contributed by atoms with Crippen LogP contribution < -0.4 is 10.6 Å². The summed E-state index contributed by atoms with van der Waals surface area (Å²) >= 11 is 0. The highest BCUT2D eigenvalue weighted by molar-refractivity contribution is 7.91. The number of alkyl halides is 3. The molecule has 0 unspecified atom stereocenters. The summed E-state index contributed by atoms with van der Waals surface area (Å²) in [5, 5.41) is 5.40. The number of halogens is 4. The molecule has 0 aliphatic heterocycles. The maximum atomic E-state index is 13.1. The number of guanidine groups is 1. The molecule has 28 heavy (non-hydrogen) atoms. The van der Waals surface area contributed by atoms with Gasteiger partial charge in [-0.2, -0.15) is 13.2 Å². The van der Waals surface area contributed by atoms with Crippen molar-refractivity contribution in [1.82, 2.24) is 10.6 Å². The molecule has 0 aromatic heterocycles. The quantitative estimate of drug-likeness (QED) is 0.431. The standard InChI is InChI=1S/C18H19F4N3O2S/c1-23-17(24-9-10-28(26,27)15-5-3-2-4-6-15)25-12-13-7-8-14(19)11-16(13)18(20,21)22/h2-8,11H,9-10,12H2,1H3,(H2,23,24,25). The minimum atomic E-state index is -4.69. The van der Waals surface area contributed by atoms with Crippen LogP contribution in [-0.4, -0.2) is 33.7 Å². The minimum absolute atomic E-state index is 0.00640. The van der Waals surface area contributed by atoms with E-state index < -0.39 is 27.4 Å². The van der Waals surface area contributed by atoms with Crippen molar-refractivity contribution in [3.05, 3.63) is 65.5 Å². The molecule has 0 aliphatic rings. The number of hydrogen-bond donors (Lipinski definition) is 2. The molecule has 0 atom stereocenters. The zero-order chi connectivity index (χ0) is 20.8. The van der Waals surface area contributed by atoms with Crippen molar-refractivity contribution < 1.29 is 26.0 Å². The van der Waals surface area contributed by atoms with Crippen molar-refractivity contribution >= 4 is 15.8 Å². The van der Waals surface area contributed by atoms with Crippen LogP contribution >= 0.6 is 0 Å². The Morgan fingerprint density at radius 3 is 2.36 bits per heavy atom. The SMILES string of the molecule is CN=C(NCCS(=O)(=O)c1ccccc1)NCc1ccc(F)cc1C(F)(F)F. The summed E-state index contributed by atoms with van der Waals surface area (Å²) in [5.41, 5.74) is -1.24. The lowest BCUT2D eigenvalue weighted by atomic mass is 10.1. The molecule has 0 amide bonds. The van der Waals surface area contributed by atoms with E-state index in [-0.39, 0.29) is 35.3 Å². The van der Waals surface area contributed by atoms with Gasteiger partial charge in [0.2, 0.25) is 0 Å². The van der Waals surface area contributed by atoms with Gasteiger partial charge in [0, 0.05) is 20.1 Å². The van der Waals surface area contributed by atoms with Gasteiger partial charge in [0.15, 0.2) is 15.8 Å². The molecular weight excluding hydrogens is 398 g/mol. The summed E-state index contributed by atoms with van der Waals surface area (Å²) in [4.78, 5) is 4.03. The normalized spacial score (nSPS) is 12.7. The van der Waals surface area contributed by atoms with Crippen molar-refractivity contribution in [3.63, 3.8) is 0 Å². The first kappa shape index (κ1) is 21.7. The molecule has 2 N–H and O–H groups in total. The molecule has 2 aromatic carbocycles. The minimum Gasteiger partial charge on any atom is -0.355 e. The van der Waals surface area contributed by atoms with E-state index in [1.807, 2.05) is 0 Å². The topological polar surface area (TPSA) is 70.6 Å². The molecule has 0 heterocycles. The maximum absolute atomic E-state index is 13.1. The Hall–Kier alpha value is -2.62. The fourth-order valence-corrected chi connectivity index (χ4v) is 3.59.